The molecule has 0 amide bonds. The smallest absolute Gasteiger partial charge is 0.231 e. The molecule has 2 aromatic carbocycles. The average Bonchev–Trinajstić information content (AvgIpc) is 2.81. The van der Waals surface area contributed by atoms with Crippen molar-refractivity contribution in [3.63, 3.8) is 0 Å². The summed E-state index contributed by atoms with van der Waals surface area (Å²) in [5.41, 5.74) is 1.74. The molecule has 1 aliphatic heterocycles. The van der Waals surface area contributed by atoms with E-state index < -0.39 is 0 Å². The standard InChI is InChI=1S/C13H8Cl2O2/c14-10-5-1-3-8(12(10)15)9-4-2-6-11-13(9)17-7-16-11/h1-6H,7H2. The molecule has 1 heterocycles. The summed E-state index contributed by atoms with van der Waals surface area (Å²) in [4.78, 5) is 0. The summed E-state index contributed by atoms with van der Waals surface area (Å²) >= 11 is 12.2. The molecule has 0 aliphatic carbocycles. The van der Waals surface area contributed by atoms with Gasteiger partial charge in [0.1, 0.15) is 0 Å². The highest BCUT2D eigenvalue weighted by Gasteiger charge is 2.20. The Morgan fingerprint density at radius 1 is 0.882 bits per heavy atom. The summed E-state index contributed by atoms with van der Waals surface area (Å²) in [5.74, 6) is 1.45. The van der Waals surface area contributed by atoms with Gasteiger partial charge in [-0.15, -0.1) is 0 Å². The van der Waals surface area contributed by atoms with Crippen molar-refractivity contribution in [3.05, 3.63) is 46.4 Å². The van der Waals surface area contributed by atoms with Crippen LogP contribution in [-0.4, -0.2) is 6.79 Å². The van der Waals surface area contributed by atoms with E-state index in [0.29, 0.717) is 10.0 Å². The van der Waals surface area contributed by atoms with Crippen molar-refractivity contribution in [2.75, 3.05) is 6.79 Å². The van der Waals surface area contributed by atoms with Gasteiger partial charge in [-0.05, 0) is 12.1 Å². The lowest BCUT2D eigenvalue weighted by Crippen LogP contribution is -1.93. The van der Waals surface area contributed by atoms with Crippen molar-refractivity contribution in [1.29, 1.82) is 0 Å². The van der Waals surface area contributed by atoms with Gasteiger partial charge in [-0.25, -0.2) is 0 Å². The minimum Gasteiger partial charge on any atom is -0.454 e. The lowest BCUT2D eigenvalue weighted by atomic mass is 10.0. The molecule has 86 valence electrons. The van der Waals surface area contributed by atoms with Crippen LogP contribution in [0.5, 0.6) is 11.5 Å². The van der Waals surface area contributed by atoms with Crippen LogP contribution < -0.4 is 9.47 Å². The van der Waals surface area contributed by atoms with Crippen LogP contribution in [0.3, 0.4) is 0 Å². The predicted molar refractivity (Wildman–Crippen MR) is 68.0 cm³/mol. The number of hydrogen-bond acceptors (Lipinski definition) is 2. The van der Waals surface area contributed by atoms with Crippen molar-refractivity contribution >= 4 is 23.2 Å². The van der Waals surface area contributed by atoms with Gasteiger partial charge in [0.2, 0.25) is 6.79 Å². The number of rotatable bonds is 1. The highest BCUT2D eigenvalue weighted by Crippen LogP contribution is 2.44. The molecule has 0 unspecified atom stereocenters. The van der Waals surface area contributed by atoms with E-state index in [0.717, 1.165) is 22.6 Å². The quantitative estimate of drug-likeness (QED) is 0.762. The monoisotopic (exact) mass is 266 g/mol. The minimum absolute atomic E-state index is 0.241. The molecule has 0 saturated carbocycles. The van der Waals surface area contributed by atoms with Gasteiger partial charge in [-0.1, -0.05) is 47.5 Å². The Balaban J connectivity index is 2.23. The maximum Gasteiger partial charge on any atom is 0.231 e. The molecule has 17 heavy (non-hydrogen) atoms. The molecule has 4 heteroatoms. The summed E-state index contributed by atoms with van der Waals surface area (Å²) in [7, 11) is 0. The molecular weight excluding hydrogens is 259 g/mol. The Kier molecular flexibility index (Phi) is 2.61. The second-order valence-corrected chi connectivity index (χ2v) is 4.43. The summed E-state index contributed by atoms with van der Waals surface area (Å²) in [5, 5.41) is 1.05. The van der Waals surface area contributed by atoms with E-state index >= 15 is 0 Å². The van der Waals surface area contributed by atoms with Gasteiger partial charge in [0.25, 0.3) is 0 Å². The topological polar surface area (TPSA) is 18.5 Å². The summed E-state index contributed by atoms with van der Waals surface area (Å²) in [6, 6.07) is 11.2. The number of para-hydroxylation sites is 1. The van der Waals surface area contributed by atoms with Gasteiger partial charge in [0, 0.05) is 11.1 Å². The average molecular weight is 267 g/mol. The molecule has 2 aromatic rings. The van der Waals surface area contributed by atoms with Crippen LogP contribution in [0, 0.1) is 0 Å². The molecule has 0 bridgehead atoms. The second kappa shape index (κ2) is 4.13. The van der Waals surface area contributed by atoms with E-state index in [2.05, 4.69) is 0 Å². The fourth-order valence-electron chi connectivity index (χ4n) is 1.85. The second-order valence-electron chi connectivity index (χ2n) is 3.64. The molecule has 0 radical (unpaired) electrons. The van der Waals surface area contributed by atoms with E-state index in [-0.39, 0.29) is 6.79 Å². The maximum absolute atomic E-state index is 6.20. The van der Waals surface area contributed by atoms with Crippen LogP contribution in [0.4, 0.5) is 0 Å². The zero-order valence-electron chi connectivity index (χ0n) is 8.74. The van der Waals surface area contributed by atoms with E-state index in [4.69, 9.17) is 32.7 Å². The fraction of sp³-hybridized carbons (Fsp3) is 0.0769. The van der Waals surface area contributed by atoms with Crippen molar-refractivity contribution in [3.8, 4) is 22.6 Å². The molecule has 1 aliphatic rings. The molecule has 0 fully saturated rings. The molecule has 0 atom stereocenters. The first kappa shape index (κ1) is 10.8. The molecule has 2 nitrogen and oxygen atoms in total. The molecule has 0 N–H and O–H groups in total. The van der Waals surface area contributed by atoms with Gasteiger partial charge in [0.05, 0.1) is 10.0 Å². The van der Waals surface area contributed by atoms with Gasteiger partial charge in [-0.3, -0.25) is 0 Å². The fourth-order valence-corrected chi connectivity index (χ4v) is 2.26. The molecule has 3 rings (SSSR count). The largest absolute Gasteiger partial charge is 0.454 e. The third-order valence-electron chi connectivity index (χ3n) is 2.64. The van der Waals surface area contributed by atoms with Gasteiger partial charge in [0.15, 0.2) is 11.5 Å². The number of halogens is 2. The lowest BCUT2D eigenvalue weighted by molar-refractivity contribution is 0.174. The van der Waals surface area contributed by atoms with Gasteiger partial charge >= 0.3 is 0 Å². The summed E-state index contributed by atoms with van der Waals surface area (Å²) in [6.07, 6.45) is 0. The number of benzene rings is 2. The molecule has 0 aromatic heterocycles. The summed E-state index contributed by atoms with van der Waals surface area (Å²) < 4.78 is 10.8. The van der Waals surface area contributed by atoms with E-state index in [9.17, 15) is 0 Å². The van der Waals surface area contributed by atoms with Crippen molar-refractivity contribution in [2.45, 2.75) is 0 Å². The van der Waals surface area contributed by atoms with E-state index in [1.807, 2.05) is 30.3 Å². The van der Waals surface area contributed by atoms with Crippen LogP contribution in [-0.2, 0) is 0 Å². The molecular formula is C13H8Cl2O2. The first-order chi connectivity index (χ1) is 8.27. The number of ether oxygens (including phenoxy) is 2. The minimum atomic E-state index is 0.241. The highest BCUT2D eigenvalue weighted by atomic mass is 35.5. The third-order valence-corrected chi connectivity index (χ3v) is 3.46. The normalized spacial score (nSPS) is 12.8. The molecule has 0 saturated heterocycles. The van der Waals surface area contributed by atoms with Crippen molar-refractivity contribution < 1.29 is 9.47 Å². The maximum atomic E-state index is 6.20. The zero-order valence-corrected chi connectivity index (χ0v) is 10.3. The van der Waals surface area contributed by atoms with Crippen molar-refractivity contribution in [2.24, 2.45) is 0 Å². The van der Waals surface area contributed by atoms with Crippen LogP contribution in [0.15, 0.2) is 36.4 Å². The van der Waals surface area contributed by atoms with E-state index in [1.165, 1.54) is 0 Å². The van der Waals surface area contributed by atoms with Crippen molar-refractivity contribution in [1.82, 2.24) is 0 Å². The number of hydrogen-bond donors (Lipinski definition) is 0. The first-order valence-electron chi connectivity index (χ1n) is 5.10. The SMILES string of the molecule is Clc1cccc(-c2cccc3c2OCO3)c1Cl. The Morgan fingerprint density at radius 3 is 2.53 bits per heavy atom. The van der Waals surface area contributed by atoms with E-state index in [1.54, 1.807) is 6.07 Å². The van der Waals surface area contributed by atoms with Crippen LogP contribution in [0.2, 0.25) is 10.0 Å². The highest BCUT2D eigenvalue weighted by molar-refractivity contribution is 6.43. The Labute approximate surface area is 109 Å². The van der Waals surface area contributed by atoms with Gasteiger partial charge in [-0.2, -0.15) is 0 Å². The Morgan fingerprint density at radius 2 is 1.65 bits per heavy atom. The zero-order chi connectivity index (χ0) is 11.8. The van der Waals surface area contributed by atoms with Crippen LogP contribution in [0.25, 0.3) is 11.1 Å². The van der Waals surface area contributed by atoms with Gasteiger partial charge < -0.3 is 9.47 Å². The lowest BCUT2D eigenvalue weighted by Gasteiger charge is -2.08. The van der Waals surface area contributed by atoms with Crippen LogP contribution in [0.1, 0.15) is 0 Å². The third kappa shape index (κ3) is 1.74. The summed E-state index contributed by atoms with van der Waals surface area (Å²) in [6.45, 7) is 0.241. The number of fused-ring (bicyclic) bond motifs is 1. The Bertz CT molecular complexity index is 582. The van der Waals surface area contributed by atoms with Crippen LogP contribution >= 0.6 is 23.2 Å². The first-order valence-corrected chi connectivity index (χ1v) is 5.86. The predicted octanol–water partition coefficient (Wildman–Crippen LogP) is 4.39. The molecule has 0 spiro atoms. The Hall–Kier alpha value is -1.38.